The van der Waals surface area contributed by atoms with Gasteiger partial charge in [-0.3, -0.25) is 14.4 Å². The SMILES string of the molecule is O=Cc1ccc(-c2c(CC(=O)O)cccc2C(=O)c2ccccc2)o1. The Labute approximate surface area is 143 Å². The number of carboxylic acid groups (broad SMARTS) is 1. The Bertz CT molecular complexity index is 938. The summed E-state index contributed by atoms with van der Waals surface area (Å²) in [4.78, 5) is 35.0. The Balaban J connectivity index is 2.19. The van der Waals surface area contributed by atoms with Gasteiger partial charge in [-0.1, -0.05) is 48.5 Å². The lowest BCUT2D eigenvalue weighted by molar-refractivity contribution is -0.136. The molecule has 0 amide bonds. The number of carboxylic acids is 1. The van der Waals surface area contributed by atoms with E-state index in [1.807, 2.05) is 0 Å². The van der Waals surface area contributed by atoms with Crippen molar-refractivity contribution in [1.29, 1.82) is 0 Å². The van der Waals surface area contributed by atoms with Gasteiger partial charge in [0.25, 0.3) is 0 Å². The molecule has 1 heterocycles. The van der Waals surface area contributed by atoms with Crippen LogP contribution in [-0.2, 0) is 11.2 Å². The molecule has 1 aromatic heterocycles. The summed E-state index contributed by atoms with van der Waals surface area (Å²) in [5.74, 6) is -0.865. The second-order valence-electron chi connectivity index (χ2n) is 5.43. The molecule has 0 aliphatic carbocycles. The number of hydrogen-bond acceptors (Lipinski definition) is 4. The molecule has 0 atom stereocenters. The molecule has 3 rings (SSSR count). The predicted octanol–water partition coefficient (Wildman–Crippen LogP) is 3.62. The van der Waals surface area contributed by atoms with Crippen molar-refractivity contribution in [2.75, 3.05) is 0 Å². The monoisotopic (exact) mass is 334 g/mol. The maximum Gasteiger partial charge on any atom is 0.307 e. The predicted molar refractivity (Wildman–Crippen MR) is 90.7 cm³/mol. The van der Waals surface area contributed by atoms with Gasteiger partial charge in [-0.25, -0.2) is 0 Å². The van der Waals surface area contributed by atoms with Crippen LogP contribution < -0.4 is 0 Å². The van der Waals surface area contributed by atoms with Crippen LogP contribution in [0.5, 0.6) is 0 Å². The van der Waals surface area contributed by atoms with Crippen molar-refractivity contribution in [2.45, 2.75) is 6.42 Å². The fraction of sp³-hybridized carbons (Fsp3) is 0.0500. The Hall–Kier alpha value is -3.47. The topological polar surface area (TPSA) is 84.6 Å². The van der Waals surface area contributed by atoms with Gasteiger partial charge in [-0.05, 0) is 17.7 Å². The number of carbonyl (C=O) groups is 3. The third kappa shape index (κ3) is 3.40. The minimum Gasteiger partial charge on any atom is -0.481 e. The highest BCUT2D eigenvalue weighted by Gasteiger charge is 2.21. The molecule has 0 unspecified atom stereocenters. The molecule has 5 heteroatoms. The van der Waals surface area contributed by atoms with Gasteiger partial charge in [-0.15, -0.1) is 0 Å². The first-order valence-corrected chi connectivity index (χ1v) is 7.59. The molecule has 0 aliphatic rings. The van der Waals surface area contributed by atoms with E-state index < -0.39 is 5.97 Å². The number of furan rings is 1. The number of carbonyl (C=O) groups excluding carboxylic acids is 2. The minimum atomic E-state index is -1.02. The molecule has 124 valence electrons. The van der Waals surface area contributed by atoms with Gasteiger partial charge >= 0.3 is 5.97 Å². The summed E-state index contributed by atoms with van der Waals surface area (Å²) in [7, 11) is 0. The molecule has 0 radical (unpaired) electrons. The van der Waals surface area contributed by atoms with Gasteiger partial charge in [-0.2, -0.15) is 0 Å². The van der Waals surface area contributed by atoms with Gasteiger partial charge in [0.15, 0.2) is 17.8 Å². The number of benzene rings is 2. The maximum absolute atomic E-state index is 12.9. The lowest BCUT2D eigenvalue weighted by Gasteiger charge is -2.11. The van der Waals surface area contributed by atoms with Crippen LogP contribution in [0.2, 0.25) is 0 Å². The second-order valence-corrected chi connectivity index (χ2v) is 5.43. The van der Waals surface area contributed by atoms with Crippen LogP contribution in [0, 0.1) is 0 Å². The fourth-order valence-corrected chi connectivity index (χ4v) is 2.69. The number of aliphatic carboxylic acids is 1. The largest absolute Gasteiger partial charge is 0.481 e. The molecule has 25 heavy (non-hydrogen) atoms. The minimum absolute atomic E-state index is 0.109. The molecular weight excluding hydrogens is 320 g/mol. The summed E-state index contributed by atoms with van der Waals surface area (Å²) in [6, 6.07) is 16.6. The zero-order valence-electron chi connectivity index (χ0n) is 13.1. The maximum atomic E-state index is 12.9. The van der Waals surface area contributed by atoms with Gasteiger partial charge < -0.3 is 9.52 Å². The third-order valence-electron chi connectivity index (χ3n) is 3.76. The van der Waals surface area contributed by atoms with Crippen LogP contribution in [0.15, 0.2) is 65.1 Å². The molecule has 5 nitrogen and oxygen atoms in total. The van der Waals surface area contributed by atoms with Crippen molar-refractivity contribution >= 4 is 18.0 Å². The smallest absolute Gasteiger partial charge is 0.307 e. The van der Waals surface area contributed by atoms with E-state index in [9.17, 15) is 14.4 Å². The first-order chi connectivity index (χ1) is 12.1. The summed E-state index contributed by atoms with van der Waals surface area (Å²) in [5.41, 5.74) is 1.66. The number of hydrogen-bond donors (Lipinski definition) is 1. The quantitative estimate of drug-likeness (QED) is 0.550. The van der Waals surface area contributed by atoms with Crippen LogP contribution >= 0.6 is 0 Å². The summed E-state index contributed by atoms with van der Waals surface area (Å²) in [6.07, 6.45) is 0.296. The van der Waals surface area contributed by atoms with E-state index in [0.717, 1.165) is 0 Å². The van der Waals surface area contributed by atoms with Crippen molar-refractivity contribution in [1.82, 2.24) is 0 Å². The molecule has 1 N–H and O–H groups in total. The standard InChI is InChI=1S/C20H14O5/c21-12-15-9-10-17(25-15)19-14(11-18(22)23)7-4-8-16(19)20(24)13-5-2-1-3-6-13/h1-10,12H,11H2,(H,22,23). The molecule has 0 aliphatic heterocycles. The zero-order valence-corrected chi connectivity index (χ0v) is 13.1. The van der Waals surface area contributed by atoms with Gasteiger partial charge in [0.1, 0.15) is 5.76 Å². The number of rotatable bonds is 6. The van der Waals surface area contributed by atoms with Crippen molar-refractivity contribution < 1.29 is 23.9 Å². The lowest BCUT2D eigenvalue weighted by atomic mass is 9.92. The molecule has 0 spiro atoms. The third-order valence-corrected chi connectivity index (χ3v) is 3.76. The molecule has 0 saturated heterocycles. The van der Waals surface area contributed by atoms with Crippen molar-refractivity contribution in [2.24, 2.45) is 0 Å². The Morgan fingerprint density at radius 1 is 0.960 bits per heavy atom. The van der Waals surface area contributed by atoms with Crippen LogP contribution in [0.25, 0.3) is 11.3 Å². The molecular formula is C20H14O5. The van der Waals surface area contributed by atoms with E-state index >= 15 is 0 Å². The highest BCUT2D eigenvalue weighted by Crippen LogP contribution is 2.31. The Morgan fingerprint density at radius 3 is 2.36 bits per heavy atom. The van der Waals surface area contributed by atoms with Crippen LogP contribution in [-0.4, -0.2) is 23.1 Å². The summed E-state index contributed by atoms with van der Waals surface area (Å²) in [5, 5.41) is 9.16. The number of ketones is 1. The normalized spacial score (nSPS) is 10.4. The summed E-state index contributed by atoms with van der Waals surface area (Å²) < 4.78 is 5.45. The molecule has 0 fully saturated rings. The molecule has 0 saturated carbocycles. The van der Waals surface area contributed by atoms with E-state index in [1.54, 1.807) is 54.6 Å². The first kappa shape index (κ1) is 16.4. The van der Waals surface area contributed by atoms with E-state index in [4.69, 9.17) is 9.52 Å². The summed E-state index contributed by atoms with van der Waals surface area (Å²) >= 11 is 0. The van der Waals surface area contributed by atoms with Gasteiger partial charge in [0.2, 0.25) is 0 Å². The average molecular weight is 334 g/mol. The average Bonchev–Trinajstić information content (AvgIpc) is 3.10. The van der Waals surface area contributed by atoms with Crippen LogP contribution in [0.3, 0.4) is 0 Å². The van der Waals surface area contributed by atoms with E-state index in [2.05, 4.69) is 0 Å². The van der Waals surface area contributed by atoms with Crippen molar-refractivity contribution in [3.63, 3.8) is 0 Å². The van der Waals surface area contributed by atoms with E-state index in [-0.39, 0.29) is 18.0 Å². The zero-order chi connectivity index (χ0) is 17.8. The van der Waals surface area contributed by atoms with Gasteiger partial charge in [0.05, 0.1) is 6.42 Å². The van der Waals surface area contributed by atoms with Crippen LogP contribution in [0.1, 0.15) is 32.0 Å². The van der Waals surface area contributed by atoms with Crippen LogP contribution in [0.4, 0.5) is 0 Å². The molecule has 0 bridgehead atoms. The van der Waals surface area contributed by atoms with Crippen molar-refractivity contribution in [3.8, 4) is 11.3 Å². The first-order valence-electron chi connectivity index (χ1n) is 7.59. The second kappa shape index (κ2) is 6.97. The highest BCUT2D eigenvalue weighted by molar-refractivity contribution is 6.13. The van der Waals surface area contributed by atoms with Gasteiger partial charge in [0, 0.05) is 16.7 Å². The fourth-order valence-electron chi connectivity index (χ4n) is 2.69. The Kier molecular flexibility index (Phi) is 4.57. The molecule has 3 aromatic rings. The van der Waals surface area contributed by atoms with E-state index in [0.29, 0.717) is 34.3 Å². The van der Waals surface area contributed by atoms with E-state index in [1.165, 1.54) is 6.07 Å². The van der Waals surface area contributed by atoms with Crippen molar-refractivity contribution in [3.05, 3.63) is 83.1 Å². The Morgan fingerprint density at radius 2 is 1.72 bits per heavy atom. The number of aldehydes is 1. The molecule has 2 aromatic carbocycles. The highest BCUT2D eigenvalue weighted by atomic mass is 16.4. The lowest BCUT2D eigenvalue weighted by Crippen LogP contribution is -2.08. The summed E-state index contributed by atoms with van der Waals surface area (Å²) in [6.45, 7) is 0.